The standard InChI is InChI=1S/C9H10O2S2/c1-5(9(10)11)7-4-6(12)2-3-8(7)13/h2-5,12-13H,1H3,(H,10,11). The molecule has 4 heteroatoms. The topological polar surface area (TPSA) is 37.3 Å². The third-order valence-electron chi connectivity index (χ3n) is 1.85. The molecular formula is C9H10O2S2. The number of thiol groups is 2. The smallest absolute Gasteiger partial charge is 0.310 e. The summed E-state index contributed by atoms with van der Waals surface area (Å²) >= 11 is 8.32. The first-order valence-electron chi connectivity index (χ1n) is 3.77. The summed E-state index contributed by atoms with van der Waals surface area (Å²) in [5, 5.41) is 8.79. The van der Waals surface area contributed by atoms with Gasteiger partial charge in [-0.3, -0.25) is 4.79 Å². The van der Waals surface area contributed by atoms with Gasteiger partial charge in [-0.15, -0.1) is 25.3 Å². The van der Waals surface area contributed by atoms with Crippen LogP contribution in [0.2, 0.25) is 0 Å². The zero-order chi connectivity index (χ0) is 10.0. The van der Waals surface area contributed by atoms with Gasteiger partial charge in [0.05, 0.1) is 5.92 Å². The second-order valence-corrected chi connectivity index (χ2v) is 3.80. The number of carbonyl (C=O) groups is 1. The largest absolute Gasteiger partial charge is 0.481 e. The lowest BCUT2D eigenvalue weighted by atomic mass is 10.0. The summed E-state index contributed by atoms with van der Waals surface area (Å²) in [5.74, 6) is -1.39. The molecule has 0 bridgehead atoms. The van der Waals surface area contributed by atoms with Gasteiger partial charge < -0.3 is 5.11 Å². The number of benzene rings is 1. The molecule has 0 spiro atoms. The van der Waals surface area contributed by atoms with Crippen LogP contribution in [0.3, 0.4) is 0 Å². The van der Waals surface area contributed by atoms with Crippen LogP contribution >= 0.6 is 25.3 Å². The molecule has 2 nitrogen and oxygen atoms in total. The highest BCUT2D eigenvalue weighted by Crippen LogP contribution is 2.25. The normalized spacial score (nSPS) is 12.5. The lowest BCUT2D eigenvalue weighted by Gasteiger charge is -2.09. The number of hydrogen-bond donors (Lipinski definition) is 3. The molecule has 0 saturated heterocycles. The molecule has 0 aliphatic heterocycles. The molecule has 0 aliphatic carbocycles. The maximum Gasteiger partial charge on any atom is 0.310 e. The second kappa shape index (κ2) is 4.07. The molecule has 0 radical (unpaired) electrons. The van der Waals surface area contributed by atoms with E-state index in [4.69, 9.17) is 5.11 Å². The number of carboxylic acid groups (broad SMARTS) is 1. The maximum absolute atomic E-state index is 10.7. The lowest BCUT2D eigenvalue weighted by molar-refractivity contribution is -0.138. The van der Waals surface area contributed by atoms with Crippen molar-refractivity contribution in [2.75, 3.05) is 0 Å². The van der Waals surface area contributed by atoms with Crippen molar-refractivity contribution < 1.29 is 9.90 Å². The summed E-state index contributed by atoms with van der Waals surface area (Å²) in [4.78, 5) is 12.1. The van der Waals surface area contributed by atoms with Crippen molar-refractivity contribution in [3.8, 4) is 0 Å². The molecule has 1 atom stereocenters. The Morgan fingerprint density at radius 2 is 2.08 bits per heavy atom. The van der Waals surface area contributed by atoms with E-state index in [2.05, 4.69) is 25.3 Å². The van der Waals surface area contributed by atoms with E-state index in [-0.39, 0.29) is 0 Å². The summed E-state index contributed by atoms with van der Waals surface area (Å²) in [6.07, 6.45) is 0. The van der Waals surface area contributed by atoms with Crippen LogP contribution in [0.4, 0.5) is 0 Å². The molecule has 1 aromatic rings. The molecule has 0 aliphatic rings. The summed E-state index contributed by atoms with van der Waals surface area (Å²) in [5.41, 5.74) is 0.698. The average Bonchev–Trinajstić information content (AvgIpc) is 2.08. The van der Waals surface area contributed by atoms with Gasteiger partial charge in [0.15, 0.2) is 0 Å². The summed E-state index contributed by atoms with van der Waals surface area (Å²) < 4.78 is 0. The van der Waals surface area contributed by atoms with Crippen molar-refractivity contribution in [1.29, 1.82) is 0 Å². The molecule has 1 unspecified atom stereocenters. The van der Waals surface area contributed by atoms with Crippen LogP contribution in [0.25, 0.3) is 0 Å². The fourth-order valence-electron chi connectivity index (χ4n) is 1.02. The molecule has 0 heterocycles. The van der Waals surface area contributed by atoms with Gasteiger partial charge in [0, 0.05) is 9.79 Å². The van der Waals surface area contributed by atoms with Crippen molar-refractivity contribution in [3.63, 3.8) is 0 Å². The van der Waals surface area contributed by atoms with E-state index in [1.165, 1.54) is 0 Å². The fraction of sp³-hybridized carbons (Fsp3) is 0.222. The zero-order valence-corrected chi connectivity index (χ0v) is 8.85. The highest BCUT2D eigenvalue weighted by atomic mass is 32.1. The summed E-state index contributed by atoms with van der Waals surface area (Å²) in [7, 11) is 0. The van der Waals surface area contributed by atoms with Crippen LogP contribution in [-0.4, -0.2) is 11.1 Å². The Labute approximate surface area is 87.8 Å². The Balaban J connectivity index is 3.12. The van der Waals surface area contributed by atoms with Gasteiger partial charge in [-0.2, -0.15) is 0 Å². The Hall–Kier alpha value is -0.610. The van der Waals surface area contributed by atoms with Gasteiger partial charge in [0.2, 0.25) is 0 Å². The highest BCUT2D eigenvalue weighted by molar-refractivity contribution is 7.80. The van der Waals surface area contributed by atoms with Crippen molar-refractivity contribution in [2.24, 2.45) is 0 Å². The van der Waals surface area contributed by atoms with Gasteiger partial charge in [-0.1, -0.05) is 0 Å². The number of hydrogen-bond acceptors (Lipinski definition) is 3. The van der Waals surface area contributed by atoms with Gasteiger partial charge in [-0.25, -0.2) is 0 Å². The van der Waals surface area contributed by atoms with Crippen LogP contribution in [0.15, 0.2) is 28.0 Å². The molecular weight excluding hydrogens is 204 g/mol. The predicted octanol–water partition coefficient (Wildman–Crippen LogP) is 2.45. The first kappa shape index (κ1) is 10.5. The number of rotatable bonds is 2. The molecule has 70 valence electrons. The van der Waals surface area contributed by atoms with Crippen LogP contribution in [0.5, 0.6) is 0 Å². The molecule has 0 saturated carbocycles. The summed E-state index contributed by atoms with van der Waals surface area (Å²) in [6.45, 7) is 1.63. The van der Waals surface area contributed by atoms with E-state index in [1.54, 1.807) is 25.1 Å². The van der Waals surface area contributed by atoms with E-state index in [1.807, 2.05) is 0 Å². The second-order valence-electron chi connectivity index (χ2n) is 2.80. The lowest BCUT2D eigenvalue weighted by Crippen LogP contribution is -2.08. The minimum Gasteiger partial charge on any atom is -0.481 e. The van der Waals surface area contributed by atoms with Crippen LogP contribution in [0.1, 0.15) is 18.4 Å². The Kier molecular flexibility index (Phi) is 3.27. The van der Waals surface area contributed by atoms with Gasteiger partial charge in [0.25, 0.3) is 0 Å². The van der Waals surface area contributed by atoms with Crippen molar-refractivity contribution in [1.82, 2.24) is 0 Å². The molecule has 0 fully saturated rings. The van der Waals surface area contributed by atoms with Crippen LogP contribution in [0, 0.1) is 0 Å². The van der Waals surface area contributed by atoms with E-state index < -0.39 is 11.9 Å². The van der Waals surface area contributed by atoms with Crippen LogP contribution < -0.4 is 0 Å². The van der Waals surface area contributed by atoms with E-state index in [0.29, 0.717) is 10.5 Å². The predicted molar refractivity (Wildman–Crippen MR) is 57.0 cm³/mol. The highest BCUT2D eigenvalue weighted by Gasteiger charge is 2.15. The zero-order valence-electron chi connectivity index (χ0n) is 7.06. The quantitative estimate of drug-likeness (QED) is 0.661. The van der Waals surface area contributed by atoms with Gasteiger partial charge in [-0.05, 0) is 30.7 Å². The molecule has 1 rings (SSSR count). The van der Waals surface area contributed by atoms with Crippen LogP contribution in [-0.2, 0) is 4.79 Å². The Morgan fingerprint density at radius 3 is 2.62 bits per heavy atom. The van der Waals surface area contributed by atoms with E-state index in [0.717, 1.165) is 4.90 Å². The monoisotopic (exact) mass is 214 g/mol. The number of carboxylic acids is 1. The van der Waals surface area contributed by atoms with Gasteiger partial charge in [0.1, 0.15) is 0 Å². The fourth-order valence-corrected chi connectivity index (χ4v) is 1.57. The Morgan fingerprint density at radius 1 is 1.46 bits per heavy atom. The first-order valence-corrected chi connectivity index (χ1v) is 4.66. The third kappa shape index (κ3) is 2.42. The minimum atomic E-state index is -0.853. The summed E-state index contributed by atoms with van der Waals surface area (Å²) in [6, 6.07) is 5.26. The van der Waals surface area contributed by atoms with Crippen molar-refractivity contribution in [3.05, 3.63) is 23.8 Å². The van der Waals surface area contributed by atoms with Crippen molar-refractivity contribution in [2.45, 2.75) is 22.6 Å². The number of aliphatic carboxylic acids is 1. The minimum absolute atomic E-state index is 0.542. The molecule has 0 amide bonds. The molecule has 1 N–H and O–H groups in total. The SMILES string of the molecule is CC(C(=O)O)c1cc(S)ccc1S. The van der Waals surface area contributed by atoms with E-state index in [9.17, 15) is 4.79 Å². The van der Waals surface area contributed by atoms with E-state index >= 15 is 0 Å². The average molecular weight is 214 g/mol. The van der Waals surface area contributed by atoms with Crippen molar-refractivity contribution >= 4 is 31.2 Å². The third-order valence-corrected chi connectivity index (χ3v) is 2.53. The Bertz CT molecular complexity index is 336. The molecule has 1 aromatic carbocycles. The maximum atomic E-state index is 10.7. The molecule has 0 aromatic heterocycles. The molecule has 13 heavy (non-hydrogen) atoms. The van der Waals surface area contributed by atoms with Gasteiger partial charge >= 0.3 is 5.97 Å². The first-order chi connectivity index (χ1) is 6.02.